The second kappa shape index (κ2) is 7.87. The lowest BCUT2D eigenvalue weighted by molar-refractivity contribution is -0.145. The summed E-state index contributed by atoms with van der Waals surface area (Å²) in [5, 5.41) is 12.0. The highest BCUT2D eigenvalue weighted by Crippen LogP contribution is 2.28. The molecule has 1 N–H and O–H groups in total. The Morgan fingerprint density at radius 1 is 1.23 bits per heavy atom. The Bertz CT molecular complexity index is 777. The number of amides is 1. The summed E-state index contributed by atoms with van der Waals surface area (Å²) >= 11 is 11.9. The summed E-state index contributed by atoms with van der Waals surface area (Å²) in [5.74, 6) is 0.595. The Hall–Kier alpha value is -1.75. The SMILES string of the molecule is C[C@]1(O)CN(C(=O)Cc2ccc(Cl)cc2)CC[C@@H]1Oc1cccc(Cl)c1. The van der Waals surface area contributed by atoms with Gasteiger partial charge in [-0.1, -0.05) is 41.4 Å². The number of aliphatic hydroxyl groups is 1. The third kappa shape index (κ3) is 4.70. The number of carbonyl (C=O) groups is 1. The molecule has 2 atom stereocenters. The Labute approximate surface area is 163 Å². The van der Waals surface area contributed by atoms with E-state index in [1.165, 1.54) is 0 Å². The number of piperidine rings is 1. The zero-order chi connectivity index (χ0) is 18.7. The maximum Gasteiger partial charge on any atom is 0.227 e. The van der Waals surface area contributed by atoms with Crippen molar-refractivity contribution in [3.05, 3.63) is 64.1 Å². The lowest BCUT2D eigenvalue weighted by atomic mass is 9.91. The number of hydrogen-bond donors (Lipinski definition) is 1. The van der Waals surface area contributed by atoms with Crippen molar-refractivity contribution in [2.45, 2.75) is 31.5 Å². The molecular weight excluding hydrogens is 373 g/mol. The van der Waals surface area contributed by atoms with Gasteiger partial charge < -0.3 is 14.7 Å². The maximum absolute atomic E-state index is 12.6. The van der Waals surface area contributed by atoms with Crippen LogP contribution >= 0.6 is 23.2 Å². The van der Waals surface area contributed by atoms with Gasteiger partial charge in [-0.2, -0.15) is 0 Å². The fourth-order valence-corrected chi connectivity index (χ4v) is 3.45. The first kappa shape index (κ1) is 19.0. The first-order chi connectivity index (χ1) is 12.3. The van der Waals surface area contributed by atoms with Crippen molar-refractivity contribution in [3.63, 3.8) is 0 Å². The summed E-state index contributed by atoms with van der Waals surface area (Å²) in [6.07, 6.45) is 0.430. The predicted molar refractivity (Wildman–Crippen MR) is 103 cm³/mol. The molecule has 3 rings (SSSR count). The fraction of sp³-hybridized carbons (Fsp3) is 0.350. The molecule has 0 unspecified atom stereocenters. The first-order valence-electron chi connectivity index (χ1n) is 8.50. The van der Waals surface area contributed by atoms with Gasteiger partial charge in [-0.25, -0.2) is 0 Å². The van der Waals surface area contributed by atoms with Crippen molar-refractivity contribution in [1.29, 1.82) is 0 Å². The molecule has 26 heavy (non-hydrogen) atoms. The van der Waals surface area contributed by atoms with Crippen molar-refractivity contribution in [2.24, 2.45) is 0 Å². The van der Waals surface area contributed by atoms with Crippen LogP contribution in [0.25, 0.3) is 0 Å². The Kier molecular flexibility index (Phi) is 5.76. The highest BCUT2D eigenvalue weighted by atomic mass is 35.5. The minimum atomic E-state index is -1.14. The molecule has 6 heteroatoms. The average Bonchev–Trinajstić information content (AvgIpc) is 2.58. The van der Waals surface area contributed by atoms with Gasteiger partial charge in [0.25, 0.3) is 0 Å². The number of nitrogens with zero attached hydrogens (tertiary/aromatic N) is 1. The Morgan fingerprint density at radius 3 is 2.62 bits per heavy atom. The van der Waals surface area contributed by atoms with Gasteiger partial charge in [0.15, 0.2) is 0 Å². The smallest absolute Gasteiger partial charge is 0.227 e. The molecule has 1 saturated heterocycles. The highest BCUT2D eigenvalue weighted by molar-refractivity contribution is 6.30. The zero-order valence-electron chi connectivity index (χ0n) is 14.5. The van der Waals surface area contributed by atoms with Crippen LogP contribution in [-0.2, 0) is 11.2 Å². The van der Waals surface area contributed by atoms with Gasteiger partial charge in [-0.05, 0) is 42.8 Å². The minimum absolute atomic E-state index is 0.0196. The number of hydrogen-bond acceptors (Lipinski definition) is 3. The molecule has 1 aliphatic heterocycles. The van der Waals surface area contributed by atoms with Crippen LogP contribution in [0.4, 0.5) is 0 Å². The molecule has 4 nitrogen and oxygen atoms in total. The monoisotopic (exact) mass is 393 g/mol. The Morgan fingerprint density at radius 2 is 1.96 bits per heavy atom. The zero-order valence-corrected chi connectivity index (χ0v) is 16.0. The van der Waals surface area contributed by atoms with Crippen molar-refractivity contribution < 1.29 is 14.6 Å². The quantitative estimate of drug-likeness (QED) is 0.854. The molecule has 1 aliphatic rings. The van der Waals surface area contributed by atoms with E-state index in [-0.39, 0.29) is 18.9 Å². The molecular formula is C20H21Cl2NO3. The summed E-state index contributed by atoms with van der Waals surface area (Å²) in [6, 6.07) is 14.3. The minimum Gasteiger partial charge on any atom is -0.487 e. The summed E-state index contributed by atoms with van der Waals surface area (Å²) < 4.78 is 5.92. The number of rotatable bonds is 4. The van der Waals surface area contributed by atoms with Gasteiger partial charge in [0.2, 0.25) is 5.91 Å². The molecule has 2 aromatic carbocycles. The number of β-amino-alcohol motifs (C(OH)–C–C–N with tert-alkyl or cyclic N) is 1. The van der Waals surface area contributed by atoms with Crippen LogP contribution in [0.2, 0.25) is 10.0 Å². The van der Waals surface area contributed by atoms with Crippen LogP contribution in [0.15, 0.2) is 48.5 Å². The second-order valence-corrected chi connectivity index (χ2v) is 7.70. The predicted octanol–water partition coefficient (Wildman–Crippen LogP) is 3.97. The summed E-state index contributed by atoms with van der Waals surface area (Å²) in [5.41, 5.74) is -0.243. The van der Waals surface area contributed by atoms with Gasteiger partial charge >= 0.3 is 0 Å². The number of halogens is 2. The van der Waals surface area contributed by atoms with Crippen LogP contribution in [0.1, 0.15) is 18.9 Å². The fourth-order valence-electron chi connectivity index (χ4n) is 3.14. The Balaban J connectivity index is 1.62. The van der Waals surface area contributed by atoms with Crippen molar-refractivity contribution in [2.75, 3.05) is 13.1 Å². The standard InChI is InChI=1S/C20H21Cl2NO3/c1-20(25)13-23(19(24)11-14-5-7-15(21)8-6-14)10-9-18(20)26-17-4-2-3-16(22)12-17/h2-8,12,18,25H,9-11,13H2,1H3/t18-,20-/m0/s1. The molecule has 138 valence electrons. The lowest BCUT2D eigenvalue weighted by Gasteiger charge is -2.42. The highest BCUT2D eigenvalue weighted by Gasteiger charge is 2.41. The molecule has 0 aromatic heterocycles. The summed E-state index contributed by atoms with van der Waals surface area (Å²) in [6.45, 7) is 2.46. The second-order valence-electron chi connectivity index (χ2n) is 6.83. The third-order valence-electron chi connectivity index (χ3n) is 4.56. The molecule has 0 radical (unpaired) electrons. The molecule has 0 spiro atoms. The van der Waals surface area contributed by atoms with Gasteiger partial charge in [-0.3, -0.25) is 4.79 Å². The van der Waals surface area contributed by atoms with E-state index in [1.807, 2.05) is 12.1 Å². The van der Waals surface area contributed by atoms with E-state index >= 15 is 0 Å². The normalized spacial score (nSPS) is 22.9. The third-order valence-corrected chi connectivity index (χ3v) is 5.05. The van der Waals surface area contributed by atoms with Crippen LogP contribution in [0.3, 0.4) is 0 Å². The summed E-state index contributed by atoms with van der Waals surface area (Å²) in [4.78, 5) is 14.3. The number of benzene rings is 2. The molecule has 0 saturated carbocycles. The molecule has 2 aromatic rings. The number of likely N-dealkylation sites (tertiary alicyclic amines) is 1. The lowest BCUT2D eigenvalue weighted by Crippen LogP contribution is -2.58. The van der Waals surface area contributed by atoms with Gasteiger partial charge in [0.05, 0.1) is 13.0 Å². The van der Waals surface area contributed by atoms with Crippen LogP contribution in [-0.4, -0.2) is 40.7 Å². The average molecular weight is 394 g/mol. The molecule has 0 aliphatic carbocycles. The van der Waals surface area contributed by atoms with Crippen molar-refractivity contribution >= 4 is 29.1 Å². The van der Waals surface area contributed by atoms with Crippen molar-refractivity contribution in [3.8, 4) is 5.75 Å². The molecule has 1 amide bonds. The van der Waals surface area contributed by atoms with E-state index in [0.29, 0.717) is 28.8 Å². The molecule has 1 heterocycles. The first-order valence-corrected chi connectivity index (χ1v) is 9.26. The van der Waals surface area contributed by atoms with E-state index in [0.717, 1.165) is 5.56 Å². The van der Waals surface area contributed by atoms with Crippen LogP contribution < -0.4 is 4.74 Å². The van der Waals surface area contributed by atoms with E-state index in [1.54, 1.807) is 48.2 Å². The van der Waals surface area contributed by atoms with Crippen molar-refractivity contribution in [1.82, 2.24) is 4.90 Å². The molecule has 1 fully saturated rings. The maximum atomic E-state index is 12.6. The van der Waals surface area contributed by atoms with Gasteiger partial charge in [0, 0.05) is 23.0 Å². The van der Waals surface area contributed by atoms with Gasteiger partial charge in [0.1, 0.15) is 17.5 Å². The largest absolute Gasteiger partial charge is 0.487 e. The van der Waals surface area contributed by atoms with E-state index < -0.39 is 11.7 Å². The van der Waals surface area contributed by atoms with Crippen LogP contribution in [0, 0.1) is 0 Å². The van der Waals surface area contributed by atoms with E-state index in [2.05, 4.69) is 0 Å². The van der Waals surface area contributed by atoms with E-state index in [4.69, 9.17) is 27.9 Å². The molecule has 0 bridgehead atoms. The number of ether oxygens (including phenoxy) is 1. The number of carbonyl (C=O) groups excluding carboxylic acids is 1. The topological polar surface area (TPSA) is 49.8 Å². The van der Waals surface area contributed by atoms with E-state index in [9.17, 15) is 9.90 Å². The van der Waals surface area contributed by atoms with Crippen LogP contribution in [0.5, 0.6) is 5.75 Å². The van der Waals surface area contributed by atoms with Gasteiger partial charge in [-0.15, -0.1) is 0 Å². The summed E-state index contributed by atoms with van der Waals surface area (Å²) in [7, 11) is 0.